The van der Waals surface area contributed by atoms with Crippen molar-refractivity contribution in [2.45, 2.75) is 6.54 Å². The maximum Gasteiger partial charge on any atom is 0.257 e. The zero-order valence-electron chi connectivity index (χ0n) is 10.9. The minimum absolute atomic E-state index is 0.271. The molecule has 5 heteroatoms. The molecule has 0 fully saturated rings. The number of carbonyl (C=O) groups is 1. The number of amides is 1. The number of benzene rings is 2. The lowest BCUT2D eigenvalue weighted by atomic mass is 10.1. The van der Waals surface area contributed by atoms with Crippen molar-refractivity contribution in [3.63, 3.8) is 0 Å². The molecule has 0 aromatic heterocycles. The highest BCUT2D eigenvalue weighted by Gasteiger charge is 2.18. The van der Waals surface area contributed by atoms with Gasteiger partial charge in [0.15, 0.2) is 0 Å². The van der Waals surface area contributed by atoms with Crippen LogP contribution in [-0.4, -0.2) is 17.9 Å². The number of halogens is 2. The Balaban J connectivity index is 2.21. The van der Waals surface area contributed by atoms with E-state index in [1.165, 1.54) is 17.0 Å². The summed E-state index contributed by atoms with van der Waals surface area (Å²) in [5.74, 6) is -0.627. The fourth-order valence-electron chi connectivity index (χ4n) is 1.94. The largest absolute Gasteiger partial charge is 0.398 e. The highest BCUT2D eigenvalue weighted by Crippen LogP contribution is 2.23. The minimum atomic E-state index is -0.333. The summed E-state index contributed by atoms with van der Waals surface area (Å²) in [6.07, 6.45) is 0. The van der Waals surface area contributed by atoms with E-state index >= 15 is 0 Å². The Bertz CT molecular complexity index is 625. The van der Waals surface area contributed by atoms with Crippen LogP contribution in [0.25, 0.3) is 0 Å². The van der Waals surface area contributed by atoms with E-state index in [2.05, 4.69) is 0 Å². The first kappa shape index (κ1) is 14.3. The lowest BCUT2D eigenvalue weighted by molar-refractivity contribution is 0.0786. The highest BCUT2D eigenvalue weighted by atomic mass is 35.5. The van der Waals surface area contributed by atoms with Gasteiger partial charge in [0.05, 0.1) is 10.6 Å². The van der Waals surface area contributed by atoms with Crippen molar-refractivity contribution in [2.24, 2.45) is 0 Å². The highest BCUT2D eigenvalue weighted by molar-refractivity contribution is 6.34. The SMILES string of the molecule is CN(Cc1cccc(F)c1)C(=O)c1c(N)cccc1Cl. The van der Waals surface area contributed by atoms with Crippen LogP contribution in [0.15, 0.2) is 42.5 Å². The molecule has 2 rings (SSSR count). The zero-order chi connectivity index (χ0) is 14.7. The van der Waals surface area contributed by atoms with Gasteiger partial charge in [-0.1, -0.05) is 29.8 Å². The normalized spacial score (nSPS) is 10.3. The molecular formula is C15H14ClFN2O. The molecule has 0 radical (unpaired) electrons. The Morgan fingerprint density at radius 3 is 2.65 bits per heavy atom. The molecule has 0 aliphatic rings. The third-order valence-corrected chi connectivity index (χ3v) is 3.23. The van der Waals surface area contributed by atoms with Gasteiger partial charge in [0.2, 0.25) is 0 Å². The van der Waals surface area contributed by atoms with Crippen LogP contribution < -0.4 is 5.73 Å². The summed E-state index contributed by atoms with van der Waals surface area (Å²) in [7, 11) is 1.62. The van der Waals surface area contributed by atoms with Gasteiger partial charge in [-0.3, -0.25) is 4.79 Å². The Labute approximate surface area is 121 Å². The second-order valence-electron chi connectivity index (χ2n) is 4.50. The summed E-state index contributed by atoms with van der Waals surface area (Å²) in [5, 5.41) is 0.307. The monoisotopic (exact) mass is 292 g/mol. The summed E-state index contributed by atoms with van der Waals surface area (Å²) >= 11 is 6.01. The van der Waals surface area contributed by atoms with Crippen molar-refractivity contribution in [3.05, 3.63) is 64.4 Å². The van der Waals surface area contributed by atoms with E-state index in [1.54, 1.807) is 37.4 Å². The van der Waals surface area contributed by atoms with Crippen molar-refractivity contribution in [3.8, 4) is 0 Å². The van der Waals surface area contributed by atoms with Gasteiger partial charge in [-0.05, 0) is 29.8 Å². The molecular weight excluding hydrogens is 279 g/mol. The van der Waals surface area contributed by atoms with Crippen molar-refractivity contribution < 1.29 is 9.18 Å². The summed E-state index contributed by atoms with van der Waals surface area (Å²) in [6, 6.07) is 11.0. The van der Waals surface area contributed by atoms with Crippen LogP contribution >= 0.6 is 11.6 Å². The maximum atomic E-state index is 13.1. The molecule has 0 atom stereocenters. The third-order valence-electron chi connectivity index (χ3n) is 2.92. The molecule has 3 nitrogen and oxygen atoms in total. The molecule has 0 unspecified atom stereocenters. The predicted octanol–water partition coefficient (Wildman–Crippen LogP) is 3.33. The van der Waals surface area contributed by atoms with Gasteiger partial charge in [0, 0.05) is 19.3 Å². The van der Waals surface area contributed by atoms with E-state index in [-0.39, 0.29) is 23.8 Å². The predicted molar refractivity (Wildman–Crippen MR) is 78.1 cm³/mol. The van der Waals surface area contributed by atoms with Crippen molar-refractivity contribution in [2.75, 3.05) is 12.8 Å². The summed E-state index contributed by atoms with van der Waals surface area (Å²) in [4.78, 5) is 13.8. The van der Waals surface area contributed by atoms with E-state index in [4.69, 9.17) is 17.3 Å². The van der Waals surface area contributed by atoms with Crippen LogP contribution in [-0.2, 0) is 6.54 Å². The second-order valence-corrected chi connectivity index (χ2v) is 4.90. The fraction of sp³-hybridized carbons (Fsp3) is 0.133. The van der Waals surface area contributed by atoms with E-state index in [9.17, 15) is 9.18 Å². The van der Waals surface area contributed by atoms with E-state index in [0.717, 1.165) is 0 Å². The average molecular weight is 293 g/mol. The summed E-state index contributed by atoms with van der Waals surface area (Å²) in [5.41, 5.74) is 7.08. The first-order valence-corrected chi connectivity index (χ1v) is 6.40. The molecule has 0 saturated heterocycles. The van der Waals surface area contributed by atoms with Crippen LogP contribution in [0.1, 0.15) is 15.9 Å². The number of rotatable bonds is 3. The number of nitrogens with two attached hydrogens (primary N) is 1. The number of nitrogens with zero attached hydrogens (tertiary/aromatic N) is 1. The molecule has 2 aromatic rings. The number of hydrogen-bond acceptors (Lipinski definition) is 2. The fourth-order valence-corrected chi connectivity index (χ4v) is 2.20. The van der Waals surface area contributed by atoms with Crippen LogP contribution in [0.3, 0.4) is 0 Å². The summed E-state index contributed by atoms with van der Waals surface area (Å²) in [6.45, 7) is 0.279. The zero-order valence-corrected chi connectivity index (χ0v) is 11.7. The molecule has 2 N–H and O–H groups in total. The van der Waals surface area contributed by atoms with E-state index in [0.29, 0.717) is 16.3 Å². The van der Waals surface area contributed by atoms with Crippen molar-refractivity contribution in [1.82, 2.24) is 4.90 Å². The van der Waals surface area contributed by atoms with Crippen LogP contribution in [0.2, 0.25) is 5.02 Å². The van der Waals surface area contributed by atoms with Gasteiger partial charge in [-0.2, -0.15) is 0 Å². The molecule has 0 spiro atoms. The van der Waals surface area contributed by atoms with Gasteiger partial charge in [-0.25, -0.2) is 4.39 Å². The van der Waals surface area contributed by atoms with Crippen LogP contribution in [0.4, 0.5) is 10.1 Å². The first-order valence-electron chi connectivity index (χ1n) is 6.03. The molecule has 0 aliphatic heterocycles. The molecule has 0 saturated carbocycles. The molecule has 20 heavy (non-hydrogen) atoms. The molecule has 0 heterocycles. The summed E-state index contributed by atoms with van der Waals surface area (Å²) < 4.78 is 13.1. The standard InChI is InChI=1S/C15H14ClFN2O/c1-19(9-10-4-2-5-11(17)8-10)15(20)14-12(16)6-3-7-13(14)18/h2-8H,9,18H2,1H3. The van der Waals surface area contributed by atoms with Gasteiger partial charge in [-0.15, -0.1) is 0 Å². The molecule has 0 aliphatic carbocycles. The Hall–Kier alpha value is -2.07. The Morgan fingerprint density at radius 2 is 2.00 bits per heavy atom. The van der Waals surface area contributed by atoms with Gasteiger partial charge >= 0.3 is 0 Å². The number of carbonyl (C=O) groups excluding carboxylic acids is 1. The maximum absolute atomic E-state index is 13.1. The molecule has 104 valence electrons. The average Bonchev–Trinajstić information content (AvgIpc) is 2.38. The van der Waals surface area contributed by atoms with Gasteiger partial charge in [0.25, 0.3) is 5.91 Å². The van der Waals surface area contributed by atoms with Crippen LogP contribution in [0.5, 0.6) is 0 Å². The second kappa shape index (κ2) is 5.92. The molecule has 1 amide bonds. The number of anilines is 1. The number of nitrogen functional groups attached to an aromatic ring is 1. The molecule has 0 bridgehead atoms. The Kier molecular flexibility index (Phi) is 4.25. The van der Waals surface area contributed by atoms with Gasteiger partial charge < -0.3 is 10.6 Å². The first-order chi connectivity index (χ1) is 9.49. The minimum Gasteiger partial charge on any atom is -0.398 e. The lowest BCUT2D eigenvalue weighted by Crippen LogP contribution is -2.27. The van der Waals surface area contributed by atoms with Crippen molar-refractivity contribution in [1.29, 1.82) is 0 Å². The lowest BCUT2D eigenvalue weighted by Gasteiger charge is -2.19. The Morgan fingerprint density at radius 1 is 1.30 bits per heavy atom. The van der Waals surface area contributed by atoms with Crippen molar-refractivity contribution >= 4 is 23.2 Å². The quantitative estimate of drug-likeness (QED) is 0.882. The number of hydrogen-bond donors (Lipinski definition) is 1. The smallest absolute Gasteiger partial charge is 0.257 e. The van der Waals surface area contributed by atoms with Crippen LogP contribution in [0, 0.1) is 5.82 Å². The van der Waals surface area contributed by atoms with Gasteiger partial charge in [0.1, 0.15) is 5.82 Å². The topological polar surface area (TPSA) is 46.3 Å². The molecule has 2 aromatic carbocycles. The van der Waals surface area contributed by atoms with E-state index < -0.39 is 0 Å². The third kappa shape index (κ3) is 3.08. The van der Waals surface area contributed by atoms with E-state index in [1.807, 2.05) is 0 Å².